The van der Waals surface area contributed by atoms with Gasteiger partial charge in [0.15, 0.2) is 5.96 Å². The van der Waals surface area contributed by atoms with Gasteiger partial charge in [0, 0.05) is 38.6 Å². The van der Waals surface area contributed by atoms with Crippen LogP contribution in [-0.4, -0.2) is 56.6 Å². The van der Waals surface area contributed by atoms with Crippen LogP contribution in [-0.2, 0) is 4.79 Å². The Kier molecular flexibility index (Phi) is 8.04. The molecule has 6 nitrogen and oxygen atoms in total. The number of nitrogens with zero attached hydrogens (tertiary/aromatic N) is 2. The van der Waals surface area contributed by atoms with Gasteiger partial charge >= 0.3 is 0 Å². The van der Waals surface area contributed by atoms with Crippen molar-refractivity contribution in [2.45, 2.75) is 32.3 Å². The SMILES string of the molecule is CN=C(NCC(C)Oc1ccc(Cl)cc1)N1CCC(CC(=O)NC)CC1. The maximum absolute atomic E-state index is 11.5. The van der Waals surface area contributed by atoms with Crippen molar-refractivity contribution in [2.24, 2.45) is 10.9 Å². The first-order valence-corrected chi connectivity index (χ1v) is 9.48. The van der Waals surface area contributed by atoms with Crippen molar-refractivity contribution in [1.82, 2.24) is 15.5 Å². The minimum Gasteiger partial charge on any atom is -0.489 e. The first-order chi connectivity index (χ1) is 12.5. The fourth-order valence-corrected chi connectivity index (χ4v) is 3.19. The van der Waals surface area contributed by atoms with E-state index in [1.165, 1.54) is 0 Å². The topological polar surface area (TPSA) is 66.0 Å². The summed E-state index contributed by atoms with van der Waals surface area (Å²) in [6.07, 6.45) is 2.62. The van der Waals surface area contributed by atoms with Gasteiger partial charge in [-0.25, -0.2) is 0 Å². The van der Waals surface area contributed by atoms with E-state index in [9.17, 15) is 4.79 Å². The monoisotopic (exact) mass is 380 g/mol. The summed E-state index contributed by atoms with van der Waals surface area (Å²) in [4.78, 5) is 18.1. The highest BCUT2D eigenvalue weighted by molar-refractivity contribution is 6.30. The zero-order valence-electron chi connectivity index (χ0n) is 15.8. The molecule has 1 atom stereocenters. The third-order valence-corrected chi connectivity index (χ3v) is 4.83. The number of ether oxygens (including phenoxy) is 1. The van der Waals surface area contributed by atoms with Crippen LogP contribution in [0.5, 0.6) is 5.75 Å². The quantitative estimate of drug-likeness (QED) is 0.588. The first kappa shape index (κ1) is 20.4. The Hall–Kier alpha value is -1.95. The Bertz CT molecular complexity index is 598. The molecule has 1 saturated heterocycles. The highest BCUT2D eigenvalue weighted by Gasteiger charge is 2.23. The van der Waals surface area contributed by atoms with Crippen LogP contribution in [0.15, 0.2) is 29.3 Å². The fourth-order valence-electron chi connectivity index (χ4n) is 3.07. The van der Waals surface area contributed by atoms with E-state index in [-0.39, 0.29) is 12.0 Å². The number of guanidine groups is 1. The third kappa shape index (κ3) is 6.41. The molecule has 1 fully saturated rings. The van der Waals surface area contributed by atoms with Crippen LogP contribution in [0.1, 0.15) is 26.2 Å². The second-order valence-electron chi connectivity index (χ2n) is 6.62. The highest BCUT2D eigenvalue weighted by Crippen LogP contribution is 2.20. The molecule has 26 heavy (non-hydrogen) atoms. The number of halogens is 1. The largest absolute Gasteiger partial charge is 0.489 e. The molecule has 2 N–H and O–H groups in total. The number of carbonyl (C=O) groups is 1. The number of carbonyl (C=O) groups excluding carboxylic acids is 1. The molecule has 0 saturated carbocycles. The highest BCUT2D eigenvalue weighted by atomic mass is 35.5. The average molecular weight is 381 g/mol. The van der Waals surface area contributed by atoms with Gasteiger partial charge in [-0.1, -0.05) is 11.6 Å². The summed E-state index contributed by atoms with van der Waals surface area (Å²) in [5.74, 6) is 2.26. The number of nitrogens with one attached hydrogen (secondary N) is 2. The van der Waals surface area contributed by atoms with Crippen LogP contribution in [0.3, 0.4) is 0 Å². The molecule has 2 rings (SSSR count). The summed E-state index contributed by atoms with van der Waals surface area (Å²) >= 11 is 5.89. The first-order valence-electron chi connectivity index (χ1n) is 9.10. The summed E-state index contributed by atoms with van der Waals surface area (Å²) < 4.78 is 5.89. The van der Waals surface area contributed by atoms with Crippen LogP contribution in [0.2, 0.25) is 5.02 Å². The lowest BCUT2D eigenvalue weighted by atomic mass is 9.93. The van der Waals surface area contributed by atoms with Gasteiger partial charge in [-0.05, 0) is 49.9 Å². The molecule has 1 aromatic carbocycles. The predicted octanol–water partition coefficient (Wildman–Crippen LogP) is 2.53. The smallest absolute Gasteiger partial charge is 0.220 e. The summed E-state index contributed by atoms with van der Waals surface area (Å²) in [5, 5.41) is 6.78. The lowest BCUT2D eigenvalue weighted by Gasteiger charge is -2.34. The van der Waals surface area contributed by atoms with E-state index in [0.717, 1.165) is 37.6 Å². The third-order valence-electron chi connectivity index (χ3n) is 4.58. The van der Waals surface area contributed by atoms with E-state index < -0.39 is 0 Å². The molecule has 1 aliphatic heterocycles. The Morgan fingerprint density at radius 2 is 2.00 bits per heavy atom. The molecule has 7 heteroatoms. The van der Waals surface area contributed by atoms with Crippen molar-refractivity contribution >= 4 is 23.5 Å². The van der Waals surface area contributed by atoms with Gasteiger partial charge in [-0.2, -0.15) is 0 Å². The Morgan fingerprint density at radius 1 is 1.35 bits per heavy atom. The van der Waals surface area contributed by atoms with Crippen molar-refractivity contribution in [2.75, 3.05) is 33.7 Å². The van der Waals surface area contributed by atoms with E-state index in [4.69, 9.17) is 16.3 Å². The van der Waals surface area contributed by atoms with Crippen LogP contribution >= 0.6 is 11.6 Å². The molecule has 0 spiro atoms. The second-order valence-corrected chi connectivity index (χ2v) is 7.05. The number of hydrogen-bond acceptors (Lipinski definition) is 3. The number of benzene rings is 1. The Morgan fingerprint density at radius 3 is 2.58 bits per heavy atom. The number of likely N-dealkylation sites (tertiary alicyclic amines) is 1. The number of amides is 1. The van der Waals surface area contributed by atoms with E-state index in [1.54, 1.807) is 14.1 Å². The van der Waals surface area contributed by atoms with Crippen molar-refractivity contribution in [1.29, 1.82) is 0 Å². The van der Waals surface area contributed by atoms with E-state index in [2.05, 4.69) is 20.5 Å². The van der Waals surface area contributed by atoms with Crippen molar-refractivity contribution in [3.05, 3.63) is 29.3 Å². The van der Waals surface area contributed by atoms with Crippen molar-refractivity contribution < 1.29 is 9.53 Å². The normalized spacial score (nSPS) is 16.9. The minimum atomic E-state index is -0.00119. The van der Waals surface area contributed by atoms with E-state index in [0.29, 0.717) is 23.9 Å². The molecule has 1 aliphatic rings. The molecule has 1 unspecified atom stereocenters. The molecule has 1 aromatic rings. The number of aliphatic imine (C=N–C) groups is 1. The predicted molar refractivity (Wildman–Crippen MR) is 106 cm³/mol. The van der Waals surface area contributed by atoms with Gasteiger partial charge in [0.2, 0.25) is 5.91 Å². The standard InChI is InChI=1S/C19H29ClN4O2/c1-14(26-17-6-4-16(20)5-7-17)13-23-19(22-3)24-10-8-15(9-11-24)12-18(25)21-2/h4-7,14-15H,8-13H2,1-3H3,(H,21,25)(H,22,23). The van der Waals surface area contributed by atoms with Crippen LogP contribution in [0.4, 0.5) is 0 Å². The lowest BCUT2D eigenvalue weighted by molar-refractivity contribution is -0.121. The van der Waals surface area contributed by atoms with Gasteiger partial charge in [0.05, 0.1) is 6.54 Å². The van der Waals surface area contributed by atoms with Crippen LogP contribution in [0, 0.1) is 5.92 Å². The zero-order chi connectivity index (χ0) is 18.9. The molecule has 144 valence electrons. The lowest BCUT2D eigenvalue weighted by Crippen LogP contribution is -2.48. The van der Waals surface area contributed by atoms with Crippen LogP contribution in [0.25, 0.3) is 0 Å². The maximum atomic E-state index is 11.5. The summed E-state index contributed by atoms with van der Waals surface area (Å²) in [5.41, 5.74) is 0. The molecule has 1 amide bonds. The van der Waals surface area contributed by atoms with Gasteiger partial charge in [0.1, 0.15) is 11.9 Å². The van der Waals surface area contributed by atoms with Crippen LogP contribution < -0.4 is 15.4 Å². The molecule has 0 bridgehead atoms. The van der Waals surface area contributed by atoms with Crippen molar-refractivity contribution in [3.63, 3.8) is 0 Å². The van der Waals surface area contributed by atoms with E-state index in [1.807, 2.05) is 31.2 Å². The summed E-state index contributed by atoms with van der Waals surface area (Å²) in [6.45, 7) is 4.50. The zero-order valence-corrected chi connectivity index (χ0v) is 16.6. The molecule has 0 aliphatic carbocycles. The molecular weight excluding hydrogens is 352 g/mol. The van der Waals surface area contributed by atoms with Crippen molar-refractivity contribution in [3.8, 4) is 5.75 Å². The minimum absolute atomic E-state index is 0.00119. The maximum Gasteiger partial charge on any atom is 0.220 e. The number of piperidine rings is 1. The average Bonchev–Trinajstić information content (AvgIpc) is 2.65. The summed E-state index contributed by atoms with van der Waals surface area (Å²) in [6, 6.07) is 7.37. The molecular formula is C19H29ClN4O2. The second kappa shape index (κ2) is 10.3. The Labute approximate surface area is 161 Å². The van der Waals surface area contributed by atoms with Gasteiger partial charge in [-0.3, -0.25) is 9.79 Å². The molecule has 0 radical (unpaired) electrons. The van der Waals surface area contributed by atoms with E-state index >= 15 is 0 Å². The summed E-state index contributed by atoms with van der Waals surface area (Å²) in [7, 11) is 3.49. The van der Waals surface area contributed by atoms with Gasteiger partial charge in [0.25, 0.3) is 0 Å². The molecule has 0 aromatic heterocycles. The van der Waals surface area contributed by atoms with Gasteiger partial charge in [-0.15, -0.1) is 0 Å². The number of hydrogen-bond donors (Lipinski definition) is 2. The van der Waals surface area contributed by atoms with Gasteiger partial charge < -0.3 is 20.3 Å². The molecule has 1 heterocycles. The number of rotatable bonds is 6. The Balaban J connectivity index is 1.75. The fraction of sp³-hybridized carbons (Fsp3) is 0.579.